The second kappa shape index (κ2) is 15.4. The first kappa shape index (κ1) is 32.7. The number of amides is 2. The molecule has 3 atom stereocenters. The topological polar surface area (TPSA) is 145 Å². The van der Waals surface area contributed by atoms with Crippen LogP contribution in [0.15, 0.2) is 47.1 Å². The summed E-state index contributed by atoms with van der Waals surface area (Å²) >= 11 is 1.45. The molecule has 2 amide bonds. The van der Waals surface area contributed by atoms with Crippen LogP contribution in [0.25, 0.3) is 10.9 Å². The first-order valence-corrected chi connectivity index (χ1v) is 14.4. The van der Waals surface area contributed by atoms with Crippen molar-refractivity contribution < 1.29 is 29.0 Å². The molecule has 220 valence electrons. The van der Waals surface area contributed by atoms with Gasteiger partial charge in [0, 0.05) is 40.6 Å². The van der Waals surface area contributed by atoms with Crippen LogP contribution in [0.2, 0.25) is 0 Å². The molecule has 11 heteroatoms. The molecule has 2 aromatic rings. The standard InChI is InChI=1S/C29H42N4O6S/c1-8-18(2)13-14-40-17-24(33-28(37)39-29(4,5)6)26(35)31-19(3)25(34)32-23(27(36)38-7)15-20-16-30-22-12-10-9-11-21(20)22/h9-13,16,19,23-24,30H,8,14-15,17H2,1-7H3,(H,31,35)(H,32,34)(H,33,37)/p-1/t19-,23-,24-/m0/s1. The summed E-state index contributed by atoms with van der Waals surface area (Å²) in [6.45, 7) is 10.7. The maximum absolute atomic E-state index is 13.1. The highest BCUT2D eigenvalue weighted by Gasteiger charge is 2.28. The zero-order valence-corrected chi connectivity index (χ0v) is 25.1. The summed E-state index contributed by atoms with van der Waals surface area (Å²) in [4.78, 5) is 45.8. The number of hydrogen-bond acceptors (Lipinski definition) is 8. The molecule has 0 radical (unpaired) electrons. The van der Waals surface area contributed by atoms with Gasteiger partial charge >= 0.3 is 5.97 Å². The Morgan fingerprint density at radius 2 is 1.88 bits per heavy atom. The van der Waals surface area contributed by atoms with Gasteiger partial charge in [0.2, 0.25) is 11.8 Å². The third-order valence-electron chi connectivity index (χ3n) is 5.99. The van der Waals surface area contributed by atoms with Crippen LogP contribution in [0.1, 0.15) is 53.5 Å². The first-order chi connectivity index (χ1) is 18.8. The number of allylic oxidation sites excluding steroid dienone is 1. The van der Waals surface area contributed by atoms with Crippen LogP contribution in [-0.2, 0) is 30.3 Å². The predicted molar refractivity (Wildman–Crippen MR) is 157 cm³/mol. The number of ether oxygens (including phenoxy) is 2. The summed E-state index contributed by atoms with van der Waals surface area (Å²) in [5.41, 5.74) is 2.20. The molecule has 10 nitrogen and oxygen atoms in total. The van der Waals surface area contributed by atoms with Crippen molar-refractivity contribution in [3.05, 3.63) is 47.7 Å². The fourth-order valence-corrected chi connectivity index (χ4v) is 4.63. The minimum absolute atomic E-state index is 0.195. The van der Waals surface area contributed by atoms with Crippen molar-refractivity contribution in [3.8, 4) is 0 Å². The Morgan fingerprint density at radius 1 is 1.18 bits per heavy atom. The van der Waals surface area contributed by atoms with E-state index in [0.717, 1.165) is 22.9 Å². The van der Waals surface area contributed by atoms with Crippen LogP contribution in [0, 0.1) is 0 Å². The van der Waals surface area contributed by atoms with E-state index in [1.807, 2.05) is 31.2 Å². The molecule has 0 bridgehead atoms. The number of fused-ring (bicyclic) bond motifs is 1. The third kappa shape index (κ3) is 10.6. The molecule has 0 saturated heterocycles. The van der Waals surface area contributed by atoms with Gasteiger partial charge < -0.3 is 30.2 Å². The van der Waals surface area contributed by atoms with Crippen molar-refractivity contribution in [1.82, 2.24) is 15.6 Å². The monoisotopic (exact) mass is 573 g/mol. The normalized spacial score (nSPS) is 14.8. The largest absolute Gasteiger partial charge is 0.595 e. The molecule has 0 saturated carbocycles. The smallest absolute Gasteiger partial charge is 0.328 e. The molecule has 3 N–H and O–H groups in total. The number of benzene rings is 1. The van der Waals surface area contributed by atoms with Crippen molar-refractivity contribution in [3.63, 3.8) is 0 Å². The fraction of sp³-hybridized carbons (Fsp3) is 0.517. The summed E-state index contributed by atoms with van der Waals surface area (Å²) in [5, 5.41) is 18.6. The number of nitrogens with one attached hydrogen (secondary N) is 3. The molecular formula is C29H41N4O6S-. The molecule has 1 aromatic heterocycles. The van der Waals surface area contributed by atoms with Crippen molar-refractivity contribution in [1.29, 1.82) is 0 Å². The van der Waals surface area contributed by atoms with Gasteiger partial charge in [0.25, 0.3) is 0 Å². The number of aromatic nitrogens is 1. The van der Waals surface area contributed by atoms with Gasteiger partial charge in [-0.3, -0.25) is 14.6 Å². The lowest BCUT2D eigenvalue weighted by atomic mass is 10.0. The first-order valence-electron chi connectivity index (χ1n) is 13.2. The van der Waals surface area contributed by atoms with Gasteiger partial charge in [-0.1, -0.05) is 57.5 Å². The van der Waals surface area contributed by atoms with Crippen LogP contribution < -0.4 is 15.7 Å². The van der Waals surface area contributed by atoms with Gasteiger partial charge in [0.05, 0.1) is 7.11 Å². The second-order valence-electron chi connectivity index (χ2n) is 10.4. The van der Waals surface area contributed by atoms with E-state index in [2.05, 4.69) is 33.6 Å². The van der Waals surface area contributed by atoms with E-state index in [9.17, 15) is 19.5 Å². The zero-order valence-electron chi connectivity index (χ0n) is 24.3. The van der Waals surface area contributed by atoms with Gasteiger partial charge in [-0.05, 0) is 31.9 Å². The van der Waals surface area contributed by atoms with Crippen LogP contribution in [-0.4, -0.2) is 71.2 Å². The van der Waals surface area contributed by atoms with Crippen LogP contribution in [0.5, 0.6) is 0 Å². The second-order valence-corrected chi connectivity index (χ2v) is 11.5. The highest BCUT2D eigenvalue weighted by Crippen LogP contribution is 2.19. The van der Waals surface area contributed by atoms with Gasteiger partial charge in [-0.25, -0.2) is 4.79 Å². The van der Waals surface area contributed by atoms with E-state index in [4.69, 9.17) is 9.47 Å². The van der Waals surface area contributed by atoms with E-state index in [-0.39, 0.29) is 12.2 Å². The number of carbonyl (C=O) groups excluding carboxylic acids is 3. The van der Waals surface area contributed by atoms with E-state index in [1.54, 1.807) is 27.0 Å². The van der Waals surface area contributed by atoms with Crippen molar-refractivity contribution in [2.75, 3.05) is 18.6 Å². The van der Waals surface area contributed by atoms with Gasteiger partial charge in [-0.2, -0.15) is 11.8 Å². The lowest BCUT2D eigenvalue weighted by Gasteiger charge is -2.30. The summed E-state index contributed by atoms with van der Waals surface area (Å²) < 4.78 is 10.2. The number of aliphatic imine (C=N–C) groups is 1. The number of esters is 1. The van der Waals surface area contributed by atoms with Crippen LogP contribution in [0.3, 0.4) is 0 Å². The van der Waals surface area contributed by atoms with E-state index < -0.39 is 47.6 Å². The maximum atomic E-state index is 13.1. The molecule has 0 aliphatic heterocycles. The Labute approximate surface area is 240 Å². The number of thioether (sulfide) groups is 1. The number of H-pyrrole nitrogens is 1. The number of para-hydroxylation sites is 1. The number of aromatic amines is 1. The Bertz CT molecular complexity index is 1220. The number of nitrogens with zero attached hydrogens (tertiary/aromatic N) is 1. The number of rotatable bonds is 13. The molecule has 0 unspecified atom stereocenters. The number of carbonyl (C=O) groups is 3. The summed E-state index contributed by atoms with van der Waals surface area (Å²) in [6, 6.07) is 4.59. The highest BCUT2D eigenvalue weighted by atomic mass is 32.2. The Balaban J connectivity index is 2.11. The zero-order chi connectivity index (χ0) is 29.9. The molecule has 0 aliphatic rings. The molecule has 1 heterocycles. The highest BCUT2D eigenvalue weighted by molar-refractivity contribution is 7.99. The fourth-order valence-electron chi connectivity index (χ4n) is 3.64. The summed E-state index contributed by atoms with van der Waals surface area (Å²) in [5.74, 6) is -0.907. The lowest BCUT2D eigenvalue weighted by Crippen LogP contribution is -2.53. The van der Waals surface area contributed by atoms with Crippen molar-refractivity contribution in [2.45, 2.75) is 78.1 Å². The summed E-state index contributed by atoms with van der Waals surface area (Å²) in [7, 11) is 1.25. The molecule has 0 fully saturated rings. The number of methoxy groups -OCH3 is 1. The maximum Gasteiger partial charge on any atom is 0.328 e. The molecule has 0 spiro atoms. The molecule has 2 rings (SSSR count). The van der Waals surface area contributed by atoms with Crippen molar-refractivity contribution in [2.24, 2.45) is 4.99 Å². The van der Waals surface area contributed by atoms with Gasteiger partial charge in [0.15, 0.2) is 0 Å². The van der Waals surface area contributed by atoms with E-state index in [1.165, 1.54) is 31.4 Å². The minimum atomic E-state index is -1.06. The Hall–Kier alpha value is -3.47. The lowest BCUT2D eigenvalue weighted by molar-refractivity contribution is -0.260. The molecule has 40 heavy (non-hydrogen) atoms. The SMILES string of the molecule is CCC(C)=CCSC[C@H](N=C([O-])OC(C)(C)C)C(=O)N[C@@H](C)C(=O)N[C@@H](Cc1c[nH]c2ccccc12)C(=O)OC. The number of hydrogen-bond donors (Lipinski definition) is 3. The molecule has 1 aromatic carbocycles. The molecule has 0 aliphatic carbocycles. The van der Waals surface area contributed by atoms with E-state index >= 15 is 0 Å². The third-order valence-corrected chi connectivity index (χ3v) is 6.95. The quantitative estimate of drug-likeness (QED) is 0.110. The average Bonchev–Trinajstić information content (AvgIpc) is 3.30. The Kier molecular flexibility index (Phi) is 12.6. The molecular weight excluding hydrogens is 532 g/mol. The van der Waals surface area contributed by atoms with Crippen LogP contribution in [0.4, 0.5) is 0 Å². The predicted octanol–water partition coefficient (Wildman–Crippen LogP) is 2.86. The van der Waals surface area contributed by atoms with E-state index in [0.29, 0.717) is 5.75 Å². The Morgan fingerprint density at radius 3 is 2.52 bits per heavy atom. The van der Waals surface area contributed by atoms with Gasteiger partial charge in [-0.15, -0.1) is 0 Å². The average molecular weight is 574 g/mol. The summed E-state index contributed by atoms with van der Waals surface area (Å²) in [6.07, 6.45) is 4.11. The van der Waals surface area contributed by atoms with Crippen LogP contribution >= 0.6 is 11.8 Å². The van der Waals surface area contributed by atoms with Gasteiger partial charge in [0.1, 0.15) is 24.2 Å². The van der Waals surface area contributed by atoms with Crippen molar-refractivity contribution >= 4 is 46.5 Å². The minimum Gasteiger partial charge on any atom is -0.595 e.